The van der Waals surface area contributed by atoms with Crippen LogP contribution in [0.1, 0.15) is 48.0 Å². The van der Waals surface area contributed by atoms with E-state index in [1.807, 2.05) is 13.0 Å². The normalized spacial score (nSPS) is 22.4. The van der Waals surface area contributed by atoms with Crippen LogP contribution in [0.15, 0.2) is 35.3 Å². The third-order valence-electron chi connectivity index (χ3n) is 7.33. The van der Waals surface area contributed by atoms with Gasteiger partial charge in [0.25, 0.3) is 11.5 Å². The zero-order valence-corrected chi connectivity index (χ0v) is 20.2. The number of nitrogens with one attached hydrogen (secondary N) is 2. The number of aryl methyl sites for hydroxylation is 1. The average Bonchev–Trinajstić information content (AvgIpc) is 3.26. The van der Waals surface area contributed by atoms with Crippen molar-refractivity contribution >= 4 is 28.3 Å². The highest BCUT2D eigenvalue weighted by Gasteiger charge is 2.45. The van der Waals surface area contributed by atoms with Gasteiger partial charge in [-0.05, 0) is 49.6 Å². The van der Waals surface area contributed by atoms with Gasteiger partial charge >= 0.3 is 0 Å². The molecular weight excluding hydrogens is 463 g/mol. The van der Waals surface area contributed by atoms with E-state index < -0.39 is 11.7 Å². The van der Waals surface area contributed by atoms with E-state index in [2.05, 4.69) is 21.5 Å². The van der Waals surface area contributed by atoms with Gasteiger partial charge in [0.05, 0.1) is 31.2 Å². The zero-order chi connectivity index (χ0) is 25.3. The summed E-state index contributed by atoms with van der Waals surface area (Å²) in [7, 11) is 0. The number of nitriles is 1. The fourth-order valence-corrected chi connectivity index (χ4v) is 5.39. The summed E-state index contributed by atoms with van der Waals surface area (Å²) in [5.41, 5.74) is 1.05. The Morgan fingerprint density at radius 2 is 2.14 bits per heavy atom. The first kappa shape index (κ1) is 24.0. The van der Waals surface area contributed by atoms with Crippen LogP contribution in [0, 0.1) is 18.3 Å². The Labute approximate surface area is 207 Å². The van der Waals surface area contributed by atoms with E-state index in [0.29, 0.717) is 61.3 Å². The molecule has 2 N–H and O–H groups in total. The van der Waals surface area contributed by atoms with Crippen molar-refractivity contribution in [2.24, 2.45) is 0 Å². The Kier molecular flexibility index (Phi) is 6.49. The van der Waals surface area contributed by atoms with Crippen LogP contribution < -0.4 is 10.9 Å². The Bertz CT molecular complexity index is 1390. The van der Waals surface area contributed by atoms with Crippen molar-refractivity contribution in [2.75, 3.05) is 31.6 Å². The number of rotatable bonds is 5. The Morgan fingerprint density at radius 1 is 1.33 bits per heavy atom. The molecule has 1 saturated carbocycles. The summed E-state index contributed by atoms with van der Waals surface area (Å²) >= 11 is 0. The predicted molar refractivity (Wildman–Crippen MR) is 133 cm³/mol. The fraction of sp³-hybridized carbons (Fsp3) is 0.462. The standard InChI is InChI=1S/C26H29FN6O3/c1-17-16-18(5-6-19(17)25(35)32-12-14-36-15-13-32)30-23-22-20(7-11-29-24(22)34)33(31-23)26(9-10-28)8-3-2-4-21(26)27/h5-7,11,16,21H,2-4,8-9,12-15H2,1H3,(H,29,34)(H,30,31). The van der Waals surface area contributed by atoms with E-state index in [4.69, 9.17) is 4.74 Å². The Hall–Kier alpha value is -3.71. The zero-order valence-electron chi connectivity index (χ0n) is 20.2. The molecule has 1 aliphatic heterocycles. The molecule has 1 saturated heterocycles. The van der Waals surface area contributed by atoms with E-state index in [0.717, 1.165) is 18.4 Å². The molecule has 2 unspecified atom stereocenters. The largest absolute Gasteiger partial charge is 0.378 e. The van der Waals surface area contributed by atoms with Crippen molar-refractivity contribution in [3.05, 3.63) is 51.9 Å². The molecule has 2 fully saturated rings. The van der Waals surface area contributed by atoms with Crippen LogP contribution in [0.2, 0.25) is 0 Å². The number of amides is 1. The summed E-state index contributed by atoms with van der Waals surface area (Å²) in [6.45, 7) is 4.04. The van der Waals surface area contributed by atoms with Crippen LogP contribution in [-0.4, -0.2) is 58.0 Å². The quantitative estimate of drug-likeness (QED) is 0.560. The first-order valence-corrected chi connectivity index (χ1v) is 12.3. The molecule has 188 valence electrons. The summed E-state index contributed by atoms with van der Waals surface area (Å²) in [4.78, 5) is 30.2. The number of hydrogen-bond acceptors (Lipinski definition) is 6. The van der Waals surface area contributed by atoms with E-state index in [-0.39, 0.29) is 23.7 Å². The molecule has 1 aromatic carbocycles. The lowest BCUT2D eigenvalue weighted by Gasteiger charge is -2.39. The Morgan fingerprint density at radius 3 is 2.86 bits per heavy atom. The number of hydrogen-bond donors (Lipinski definition) is 2. The molecule has 3 aromatic rings. The summed E-state index contributed by atoms with van der Waals surface area (Å²) in [5.74, 6) is 0.242. The number of benzene rings is 1. The van der Waals surface area contributed by atoms with Crippen molar-refractivity contribution < 1.29 is 13.9 Å². The molecular formula is C26H29FN6O3. The van der Waals surface area contributed by atoms with Crippen LogP contribution >= 0.6 is 0 Å². The number of carbonyl (C=O) groups is 1. The number of anilines is 2. The van der Waals surface area contributed by atoms with Crippen LogP contribution in [-0.2, 0) is 10.3 Å². The third-order valence-corrected chi connectivity index (χ3v) is 7.33. The highest BCUT2D eigenvalue weighted by atomic mass is 19.1. The van der Waals surface area contributed by atoms with Crippen LogP contribution in [0.3, 0.4) is 0 Å². The van der Waals surface area contributed by atoms with Gasteiger partial charge < -0.3 is 19.9 Å². The monoisotopic (exact) mass is 492 g/mol. The van der Waals surface area contributed by atoms with Crippen molar-refractivity contribution in [3.8, 4) is 6.07 Å². The lowest BCUT2D eigenvalue weighted by molar-refractivity contribution is 0.0302. The number of pyridine rings is 1. The minimum atomic E-state index is -1.24. The molecule has 0 radical (unpaired) electrons. The smallest absolute Gasteiger partial charge is 0.261 e. The van der Waals surface area contributed by atoms with E-state index >= 15 is 4.39 Å². The number of nitrogens with zero attached hydrogens (tertiary/aromatic N) is 4. The molecule has 10 heteroatoms. The molecule has 9 nitrogen and oxygen atoms in total. The molecule has 1 aliphatic carbocycles. The molecule has 0 spiro atoms. The average molecular weight is 493 g/mol. The summed E-state index contributed by atoms with van der Waals surface area (Å²) in [6.07, 6.45) is 2.61. The van der Waals surface area contributed by atoms with Crippen molar-refractivity contribution in [1.29, 1.82) is 5.26 Å². The van der Waals surface area contributed by atoms with Gasteiger partial charge in [0.1, 0.15) is 17.1 Å². The van der Waals surface area contributed by atoms with Gasteiger partial charge in [-0.25, -0.2) is 4.39 Å². The maximum absolute atomic E-state index is 15.4. The second kappa shape index (κ2) is 9.74. The minimum Gasteiger partial charge on any atom is -0.378 e. The predicted octanol–water partition coefficient (Wildman–Crippen LogP) is 3.77. The number of aromatic nitrogens is 3. The second-order valence-electron chi connectivity index (χ2n) is 9.54. The maximum Gasteiger partial charge on any atom is 0.261 e. The highest BCUT2D eigenvalue weighted by molar-refractivity contribution is 5.96. The number of H-pyrrole nitrogens is 1. The number of fused-ring (bicyclic) bond motifs is 1. The molecule has 1 amide bonds. The fourth-order valence-electron chi connectivity index (χ4n) is 5.39. The number of alkyl halides is 1. The van der Waals surface area contributed by atoms with Gasteiger partial charge in [0, 0.05) is 30.5 Å². The van der Waals surface area contributed by atoms with Gasteiger partial charge in [-0.3, -0.25) is 14.3 Å². The molecule has 2 aromatic heterocycles. The first-order valence-electron chi connectivity index (χ1n) is 12.3. The van der Waals surface area contributed by atoms with Crippen molar-refractivity contribution in [2.45, 2.75) is 50.7 Å². The van der Waals surface area contributed by atoms with Gasteiger partial charge in [-0.15, -0.1) is 0 Å². The van der Waals surface area contributed by atoms with E-state index in [1.54, 1.807) is 27.8 Å². The molecule has 2 aliphatic rings. The minimum absolute atomic E-state index is 0.0331. The van der Waals surface area contributed by atoms with Crippen molar-refractivity contribution in [3.63, 3.8) is 0 Å². The molecule has 3 heterocycles. The van der Waals surface area contributed by atoms with Crippen molar-refractivity contribution in [1.82, 2.24) is 19.7 Å². The van der Waals surface area contributed by atoms with Crippen LogP contribution in [0.5, 0.6) is 0 Å². The van der Waals surface area contributed by atoms with Gasteiger partial charge in [0.15, 0.2) is 5.82 Å². The molecule has 36 heavy (non-hydrogen) atoms. The topological polar surface area (TPSA) is 116 Å². The van der Waals surface area contributed by atoms with Crippen LogP contribution in [0.25, 0.3) is 10.9 Å². The SMILES string of the molecule is Cc1cc(Nc2nn(C3(CC#N)CCCCC3F)c3cc[nH]c(=O)c23)ccc1C(=O)N1CCOCC1. The van der Waals surface area contributed by atoms with Gasteiger partial charge in [-0.2, -0.15) is 10.4 Å². The summed E-state index contributed by atoms with van der Waals surface area (Å²) < 4.78 is 22.3. The Balaban J connectivity index is 1.52. The molecule has 2 atom stereocenters. The lowest BCUT2D eigenvalue weighted by Crippen LogP contribution is -2.45. The number of morpholine rings is 1. The van der Waals surface area contributed by atoms with E-state index in [9.17, 15) is 14.9 Å². The van der Waals surface area contributed by atoms with Crippen LogP contribution in [0.4, 0.5) is 15.9 Å². The summed E-state index contributed by atoms with van der Waals surface area (Å²) in [6, 6.07) is 9.21. The van der Waals surface area contributed by atoms with E-state index in [1.165, 1.54) is 6.20 Å². The van der Waals surface area contributed by atoms with Gasteiger partial charge in [-0.1, -0.05) is 12.8 Å². The summed E-state index contributed by atoms with van der Waals surface area (Å²) in [5, 5.41) is 17.7. The molecule has 5 rings (SSSR count). The number of aromatic amines is 1. The lowest BCUT2D eigenvalue weighted by atomic mass is 9.78. The number of halogens is 1. The first-order chi connectivity index (χ1) is 17.4. The number of ether oxygens (including phenoxy) is 1. The molecule has 0 bridgehead atoms. The third kappa shape index (κ3) is 4.13. The second-order valence-corrected chi connectivity index (χ2v) is 9.54. The van der Waals surface area contributed by atoms with Gasteiger partial charge in [0.2, 0.25) is 0 Å². The number of carbonyl (C=O) groups excluding carboxylic acids is 1. The maximum atomic E-state index is 15.4. The highest BCUT2D eigenvalue weighted by Crippen LogP contribution is 2.42.